The van der Waals surface area contributed by atoms with Gasteiger partial charge in [-0.15, -0.1) is 0 Å². The molecule has 0 N–H and O–H groups in total. The van der Waals surface area contributed by atoms with Crippen LogP contribution in [0.2, 0.25) is 0 Å². The molecule has 0 aromatic rings. The highest BCUT2D eigenvalue weighted by atomic mass is 35.7. The van der Waals surface area contributed by atoms with Gasteiger partial charge in [-0.25, -0.2) is 8.42 Å². The average molecular weight is 219 g/mol. The van der Waals surface area contributed by atoms with Crippen LogP contribution in [0.4, 0.5) is 0 Å². The molecular formula is C9H11ClO2S. The highest BCUT2D eigenvalue weighted by Crippen LogP contribution is 2.25. The van der Waals surface area contributed by atoms with Gasteiger partial charge in [-0.3, -0.25) is 0 Å². The molecule has 0 atom stereocenters. The molecule has 72 valence electrons. The van der Waals surface area contributed by atoms with Crippen molar-refractivity contribution in [2.45, 2.75) is 13.8 Å². The van der Waals surface area contributed by atoms with Gasteiger partial charge in [0.2, 0.25) is 0 Å². The predicted octanol–water partition coefficient (Wildman–Crippen LogP) is 2.59. The third-order valence-electron chi connectivity index (χ3n) is 1.74. The summed E-state index contributed by atoms with van der Waals surface area (Å²) in [5.74, 6) is 0. The maximum Gasteiger partial charge on any atom is 0.261 e. The number of allylic oxidation sites excluding steroid dienone is 5. The molecule has 13 heavy (non-hydrogen) atoms. The molecule has 0 spiro atoms. The van der Waals surface area contributed by atoms with Crippen LogP contribution in [0.15, 0.2) is 35.3 Å². The molecule has 0 fully saturated rings. The van der Waals surface area contributed by atoms with Crippen LogP contribution in [0.1, 0.15) is 13.8 Å². The lowest BCUT2D eigenvalue weighted by Crippen LogP contribution is -2.01. The van der Waals surface area contributed by atoms with Gasteiger partial charge < -0.3 is 0 Å². The summed E-state index contributed by atoms with van der Waals surface area (Å²) in [6, 6.07) is 0. The van der Waals surface area contributed by atoms with Gasteiger partial charge in [0.1, 0.15) is 0 Å². The molecular weight excluding hydrogens is 208 g/mol. The van der Waals surface area contributed by atoms with Crippen molar-refractivity contribution >= 4 is 19.7 Å². The molecule has 0 aromatic heterocycles. The van der Waals surface area contributed by atoms with Crippen LogP contribution in [0.3, 0.4) is 0 Å². The Labute approximate surface area is 83.0 Å². The first-order valence-electron chi connectivity index (χ1n) is 3.85. The SMILES string of the molecule is CC1(C)C=CC=C(S(=O)(=O)Cl)C=C1. The quantitative estimate of drug-likeness (QED) is 0.634. The Morgan fingerprint density at radius 1 is 1.31 bits per heavy atom. The molecule has 1 rings (SSSR count). The molecule has 1 aliphatic rings. The van der Waals surface area contributed by atoms with E-state index in [1.165, 1.54) is 12.2 Å². The summed E-state index contributed by atoms with van der Waals surface area (Å²) < 4.78 is 21.9. The van der Waals surface area contributed by atoms with Gasteiger partial charge in [0.05, 0.1) is 4.91 Å². The monoisotopic (exact) mass is 218 g/mol. The van der Waals surface area contributed by atoms with Crippen LogP contribution >= 0.6 is 10.7 Å². The summed E-state index contributed by atoms with van der Waals surface area (Å²) in [6.07, 6.45) is 8.45. The van der Waals surface area contributed by atoms with Crippen LogP contribution in [-0.2, 0) is 9.05 Å². The first-order chi connectivity index (χ1) is 5.81. The third-order valence-corrected chi connectivity index (χ3v) is 3.11. The van der Waals surface area contributed by atoms with Crippen molar-refractivity contribution in [1.82, 2.24) is 0 Å². The fraction of sp³-hybridized carbons (Fsp3) is 0.333. The summed E-state index contributed by atoms with van der Waals surface area (Å²) in [7, 11) is 1.59. The van der Waals surface area contributed by atoms with Crippen LogP contribution in [-0.4, -0.2) is 8.42 Å². The Hall–Kier alpha value is -0.540. The predicted molar refractivity (Wildman–Crippen MR) is 54.9 cm³/mol. The topological polar surface area (TPSA) is 34.1 Å². The average Bonchev–Trinajstić information content (AvgIpc) is 2.08. The summed E-state index contributed by atoms with van der Waals surface area (Å²) in [4.78, 5) is 0.135. The molecule has 0 radical (unpaired) electrons. The Balaban J connectivity index is 3.10. The van der Waals surface area contributed by atoms with Crippen LogP contribution in [0.5, 0.6) is 0 Å². The maximum atomic E-state index is 11.0. The van der Waals surface area contributed by atoms with Crippen LogP contribution < -0.4 is 0 Å². The molecule has 1 aliphatic carbocycles. The van der Waals surface area contributed by atoms with E-state index < -0.39 is 9.05 Å². The normalized spacial score (nSPS) is 21.0. The highest BCUT2D eigenvalue weighted by molar-refractivity contribution is 8.17. The first-order valence-corrected chi connectivity index (χ1v) is 6.16. The van der Waals surface area contributed by atoms with Crippen molar-refractivity contribution in [2.75, 3.05) is 0 Å². The van der Waals surface area contributed by atoms with E-state index in [-0.39, 0.29) is 10.3 Å². The van der Waals surface area contributed by atoms with E-state index in [2.05, 4.69) is 0 Å². The van der Waals surface area contributed by atoms with E-state index in [4.69, 9.17) is 10.7 Å². The summed E-state index contributed by atoms with van der Waals surface area (Å²) in [5.41, 5.74) is -0.125. The van der Waals surface area contributed by atoms with Gasteiger partial charge in [0, 0.05) is 16.1 Å². The van der Waals surface area contributed by atoms with E-state index in [9.17, 15) is 8.42 Å². The van der Waals surface area contributed by atoms with E-state index in [0.29, 0.717) is 0 Å². The van der Waals surface area contributed by atoms with Gasteiger partial charge in [-0.05, 0) is 12.2 Å². The van der Waals surface area contributed by atoms with Gasteiger partial charge in [-0.2, -0.15) is 0 Å². The third kappa shape index (κ3) is 3.01. The number of rotatable bonds is 1. The molecule has 0 heterocycles. The molecule has 2 nitrogen and oxygen atoms in total. The maximum absolute atomic E-state index is 11.0. The molecule has 0 aliphatic heterocycles. The van der Waals surface area contributed by atoms with Crippen molar-refractivity contribution in [3.63, 3.8) is 0 Å². The molecule has 0 amide bonds. The van der Waals surface area contributed by atoms with Crippen LogP contribution in [0.25, 0.3) is 0 Å². The Bertz CT molecular complexity index is 386. The van der Waals surface area contributed by atoms with Crippen molar-refractivity contribution in [2.24, 2.45) is 5.41 Å². The lowest BCUT2D eigenvalue weighted by molar-refractivity contribution is 0.615. The summed E-state index contributed by atoms with van der Waals surface area (Å²) in [5, 5.41) is 0. The molecule has 0 aromatic carbocycles. The minimum Gasteiger partial charge on any atom is -0.207 e. The van der Waals surface area contributed by atoms with E-state index in [0.717, 1.165) is 0 Å². The van der Waals surface area contributed by atoms with E-state index >= 15 is 0 Å². The Kier molecular flexibility index (Phi) is 2.68. The van der Waals surface area contributed by atoms with Crippen molar-refractivity contribution < 1.29 is 8.42 Å². The molecule has 4 heteroatoms. The minimum absolute atomic E-state index is 0.125. The zero-order chi connectivity index (χ0) is 10.1. The highest BCUT2D eigenvalue weighted by Gasteiger charge is 2.15. The smallest absolute Gasteiger partial charge is 0.207 e. The number of hydrogen-bond acceptors (Lipinski definition) is 2. The zero-order valence-electron chi connectivity index (χ0n) is 7.49. The molecule has 0 unspecified atom stereocenters. The van der Waals surface area contributed by atoms with E-state index in [1.807, 2.05) is 26.0 Å². The molecule has 0 bridgehead atoms. The Morgan fingerprint density at radius 3 is 2.46 bits per heavy atom. The first kappa shape index (κ1) is 10.5. The lowest BCUT2D eigenvalue weighted by atomic mass is 9.93. The van der Waals surface area contributed by atoms with Gasteiger partial charge >= 0.3 is 0 Å². The number of halogens is 1. The fourth-order valence-corrected chi connectivity index (χ4v) is 1.74. The second-order valence-electron chi connectivity index (χ2n) is 3.52. The summed E-state index contributed by atoms with van der Waals surface area (Å²) in [6.45, 7) is 3.97. The van der Waals surface area contributed by atoms with Gasteiger partial charge in [0.15, 0.2) is 0 Å². The standard InChI is InChI=1S/C9H11ClO2S/c1-9(2)6-3-4-8(5-7-9)13(10,11)12/h3-7H,1-2H3. The Morgan fingerprint density at radius 2 is 1.92 bits per heavy atom. The lowest BCUT2D eigenvalue weighted by Gasteiger charge is -2.12. The fourth-order valence-electron chi connectivity index (χ4n) is 0.962. The van der Waals surface area contributed by atoms with E-state index in [1.54, 1.807) is 6.08 Å². The minimum atomic E-state index is -3.60. The van der Waals surface area contributed by atoms with Crippen molar-refractivity contribution in [3.05, 3.63) is 35.3 Å². The van der Waals surface area contributed by atoms with Crippen LogP contribution in [0, 0.1) is 5.41 Å². The van der Waals surface area contributed by atoms with Gasteiger partial charge in [0.25, 0.3) is 9.05 Å². The second kappa shape index (κ2) is 3.31. The molecule has 0 saturated carbocycles. The second-order valence-corrected chi connectivity index (χ2v) is 6.09. The molecule has 0 saturated heterocycles. The largest absolute Gasteiger partial charge is 0.261 e. The van der Waals surface area contributed by atoms with Crippen molar-refractivity contribution in [1.29, 1.82) is 0 Å². The van der Waals surface area contributed by atoms with Gasteiger partial charge in [-0.1, -0.05) is 32.1 Å². The summed E-state index contributed by atoms with van der Waals surface area (Å²) >= 11 is 0. The zero-order valence-corrected chi connectivity index (χ0v) is 9.06. The number of hydrogen-bond donors (Lipinski definition) is 0. The van der Waals surface area contributed by atoms with Crippen molar-refractivity contribution in [3.8, 4) is 0 Å².